The van der Waals surface area contributed by atoms with Crippen LogP contribution in [0, 0.1) is 5.92 Å². The van der Waals surface area contributed by atoms with Crippen LogP contribution in [0.25, 0.3) is 0 Å². The summed E-state index contributed by atoms with van der Waals surface area (Å²) in [6.45, 7) is 1.35. The third-order valence-corrected chi connectivity index (χ3v) is 6.39. The maximum Gasteiger partial charge on any atom is 0.154 e. The molecule has 2 aliphatic rings. The highest BCUT2D eigenvalue weighted by Gasteiger charge is 2.32. The molecule has 5 heteroatoms. The van der Waals surface area contributed by atoms with Gasteiger partial charge in [-0.3, -0.25) is 0 Å². The molecule has 2 unspecified atom stereocenters. The lowest BCUT2D eigenvalue weighted by molar-refractivity contribution is 0.182. The molecule has 0 bridgehead atoms. The normalized spacial score (nSPS) is 29.4. The molecule has 1 saturated carbocycles. The molecule has 0 aromatic rings. The molecule has 0 aromatic carbocycles. The van der Waals surface area contributed by atoms with Crippen LogP contribution in [0.1, 0.15) is 38.5 Å². The Morgan fingerprint density at radius 1 is 1.18 bits per heavy atom. The van der Waals surface area contributed by atoms with E-state index >= 15 is 0 Å². The number of rotatable bonds is 4. The second kappa shape index (κ2) is 5.67. The molecule has 17 heavy (non-hydrogen) atoms. The molecule has 2 N–H and O–H groups in total. The minimum absolute atomic E-state index is 0.135. The van der Waals surface area contributed by atoms with Gasteiger partial charge in [0.2, 0.25) is 0 Å². The maximum absolute atomic E-state index is 12.2. The molecule has 100 valence electrons. The SMILES string of the molecule is NC(CS(=O)(=O)C1CCCCC1)C1CCOC1. The molecule has 4 nitrogen and oxygen atoms in total. The zero-order valence-electron chi connectivity index (χ0n) is 10.3. The predicted molar refractivity (Wildman–Crippen MR) is 67.6 cm³/mol. The van der Waals surface area contributed by atoms with E-state index in [0.29, 0.717) is 6.61 Å². The fraction of sp³-hybridized carbons (Fsp3) is 1.00. The molecule has 1 saturated heterocycles. The maximum atomic E-state index is 12.2. The van der Waals surface area contributed by atoms with E-state index in [0.717, 1.165) is 38.7 Å². The Bertz CT molecular complexity index is 330. The minimum atomic E-state index is -3.00. The van der Waals surface area contributed by atoms with Crippen LogP contribution in [0.2, 0.25) is 0 Å². The molecule has 2 atom stereocenters. The van der Waals surface area contributed by atoms with Gasteiger partial charge in [-0.05, 0) is 19.3 Å². The monoisotopic (exact) mass is 261 g/mol. The summed E-state index contributed by atoms with van der Waals surface area (Å²) in [5.41, 5.74) is 6.01. The van der Waals surface area contributed by atoms with Crippen LogP contribution in [0.4, 0.5) is 0 Å². The highest BCUT2D eigenvalue weighted by molar-refractivity contribution is 7.92. The Balaban J connectivity index is 1.91. The Kier molecular flexibility index (Phi) is 4.44. The summed E-state index contributed by atoms with van der Waals surface area (Å²) in [6.07, 6.45) is 5.83. The van der Waals surface area contributed by atoms with Crippen molar-refractivity contribution in [2.75, 3.05) is 19.0 Å². The van der Waals surface area contributed by atoms with Crippen LogP contribution in [-0.2, 0) is 14.6 Å². The van der Waals surface area contributed by atoms with Crippen LogP contribution in [-0.4, -0.2) is 38.7 Å². The van der Waals surface area contributed by atoms with Gasteiger partial charge in [0.1, 0.15) is 0 Å². The van der Waals surface area contributed by atoms with Crippen LogP contribution >= 0.6 is 0 Å². The lowest BCUT2D eigenvalue weighted by Gasteiger charge is -2.25. The van der Waals surface area contributed by atoms with E-state index in [1.807, 2.05) is 0 Å². The molecule has 2 rings (SSSR count). The lowest BCUT2D eigenvalue weighted by Crippen LogP contribution is -2.40. The Morgan fingerprint density at radius 2 is 1.88 bits per heavy atom. The molecule has 0 radical (unpaired) electrons. The van der Waals surface area contributed by atoms with Gasteiger partial charge in [0.15, 0.2) is 9.84 Å². The second-order valence-electron chi connectivity index (χ2n) is 5.38. The van der Waals surface area contributed by atoms with Crippen molar-refractivity contribution in [1.29, 1.82) is 0 Å². The molecule has 0 aromatic heterocycles. The van der Waals surface area contributed by atoms with Crippen molar-refractivity contribution in [2.24, 2.45) is 11.7 Å². The summed E-state index contributed by atoms with van der Waals surface area (Å²) < 4.78 is 29.7. The minimum Gasteiger partial charge on any atom is -0.381 e. The fourth-order valence-electron chi connectivity index (χ4n) is 2.86. The van der Waals surface area contributed by atoms with Crippen molar-refractivity contribution in [3.63, 3.8) is 0 Å². The van der Waals surface area contributed by atoms with Crippen molar-refractivity contribution < 1.29 is 13.2 Å². The van der Waals surface area contributed by atoms with Gasteiger partial charge in [0.05, 0.1) is 17.6 Å². The van der Waals surface area contributed by atoms with E-state index in [-0.39, 0.29) is 23.0 Å². The van der Waals surface area contributed by atoms with Gasteiger partial charge < -0.3 is 10.5 Å². The highest BCUT2D eigenvalue weighted by atomic mass is 32.2. The summed E-state index contributed by atoms with van der Waals surface area (Å²) in [4.78, 5) is 0. The van der Waals surface area contributed by atoms with Crippen molar-refractivity contribution >= 4 is 9.84 Å². The molecule has 0 amide bonds. The molecule has 1 aliphatic carbocycles. The van der Waals surface area contributed by atoms with Gasteiger partial charge in [-0.15, -0.1) is 0 Å². The van der Waals surface area contributed by atoms with E-state index < -0.39 is 9.84 Å². The molecular formula is C12H23NO3S. The number of ether oxygens (including phenoxy) is 1. The van der Waals surface area contributed by atoms with Crippen molar-refractivity contribution in [1.82, 2.24) is 0 Å². The van der Waals surface area contributed by atoms with Crippen molar-refractivity contribution in [2.45, 2.75) is 49.8 Å². The zero-order valence-corrected chi connectivity index (χ0v) is 11.1. The van der Waals surface area contributed by atoms with Gasteiger partial charge >= 0.3 is 0 Å². The van der Waals surface area contributed by atoms with Gasteiger partial charge in [-0.25, -0.2) is 8.42 Å². The predicted octanol–water partition coefficient (Wildman–Crippen LogP) is 1.10. The summed E-state index contributed by atoms with van der Waals surface area (Å²) in [6, 6.07) is -0.246. The van der Waals surface area contributed by atoms with Crippen LogP contribution in [0.5, 0.6) is 0 Å². The number of hydrogen-bond donors (Lipinski definition) is 1. The summed E-state index contributed by atoms with van der Waals surface area (Å²) in [5, 5.41) is -0.135. The van der Waals surface area contributed by atoms with Gasteiger partial charge in [-0.2, -0.15) is 0 Å². The van der Waals surface area contributed by atoms with Crippen LogP contribution < -0.4 is 5.73 Å². The van der Waals surface area contributed by atoms with Gasteiger partial charge in [0.25, 0.3) is 0 Å². The average molecular weight is 261 g/mol. The number of nitrogens with two attached hydrogens (primary N) is 1. The zero-order chi connectivity index (χ0) is 12.3. The van der Waals surface area contributed by atoms with Crippen LogP contribution in [0.3, 0.4) is 0 Å². The Labute approximate surface area is 104 Å². The second-order valence-corrected chi connectivity index (χ2v) is 7.70. The molecule has 1 aliphatic heterocycles. The first-order chi connectivity index (χ1) is 8.09. The van der Waals surface area contributed by atoms with E-state index in [9.17, 15) is 8.42 Å². The fourth-order valence-corrected chi connectivity index (χ4v) is 4.99. The first-order valence-electron chi connectivity index (χ1n) is 6.64. The van der Waals surface area contributed by atoms with Gasteiger partial charge in [-0.1, -0.05) is 19.3 Å². The van der Waals surface area contributed by atoms with Crippen molar-refractivity contribution in [3.05, 3.63) is 0 Å². The lowest BCUT2D eigenvalue weighted by atomic mass is 10.0. The largest absolute Gasteiger partial charge is 0.381 e. The van der Waals surface area contributed by atoms with Crippen molar-refractivity contribution in [3.8, 4) is 0 Å². The Hall–Kier alpha value is -0.130. The van der Waals surface area contributed by atoms with E-state index in [2.05, 4.69) is 0 Å². The number of hydrogen-bond acceptors (Lipinski definition) is 4. The standard InChI is InChI=1S/C12H23NO3S/c13-12(10-6-7-16-8-10)9-17(14,15)11-4-2-1-3-5-11/h10-12H,1-9,13H2. The first-order valence-corrected chi connectivity index (χ1v) is 8.36. The summed E-state index contributed by atoms with van der Waals surface area (Å²) in [7, 11) is -3.00. The topological polar surface area (TPSA) is 69.4 Å². The van der Waals surface area contributed by atoms with Crippen LogP contribution in [0.15, 0.2) is 0 Å². The van der Waals surface area contributed by atoms with E-state index in [4.69, 9.17) is 10.5 Å². The van der Waals surface area contributed by atoms with E-state index in [1.54, 1.807) is 0 Å². The highest BCUT2D eigenvalue weighted by Crippen LogP contribution is 2.26. The molecule has 1 heterocycles. The quantitative estimate of drug-likeness (QED) is 0.822. The molecular weight excluding hydrogens is 238 g/mol. The Morgan fingerprint density at radius 3 is 2.47 bits per heavy atom. The first kappa shape index (κ1) is 13.3. The van der Waals surface area contributed by atoms with Gasteiger partial charge in [0, 0.05) is 18.6 Å². The molecule has 0 spiro atoms. The summed E-state index contributed by atoms with van der Waals surface area (Å²) in [5.74, 6) is 0.375. The summed E-state index contributed by atoms with van der Waals surface area (Å²) >= 11 is 0. The third kappa shape index (κ3) is 3.42. The smallest absolute Gasteiger partial charge is 0.154 e. The number of sulfone groups is 1. The van der Waals surface area contributed by atoms with E-state index in [1.165, 1.54) is 6.42 Å². The average Bonchev–Trinajstić information content (AvgIpc) is 2.83. The molecule has 2 fully saturated rings. The third-order valence-electron chi connectivity index (χ3n) is 4.06.